The van der Waals surface area contributed by atoms with Crippen molar-refractivity contribution >= 4 is 17.9 Å². The molecule has 0 aliphatic heterocycles. The highest BCUT2D eigenvalue weighted by Crippen LogP contribution is 2.16. The van der Waals surface area contributed by atoms with Crippen molar-refractivity contribution in [2.45, 2.75) is 257 Å². The Hall–Kier alpha value is -2.49. The molecule has 0 heterocycles. The normalized spacial score (nSPS) is 13.1. The molecule has 0 spiro atoms. The molecule has 65 heavy (non-hydrogen) atoms. The smallest absolute Gasteiger partial charge is 0.306 e. The highest BCUT2D eigenvalue weighted by atomic mass is 16.7. The van der Waals surface area contributed by atoms with Crippen LogP contribution >= 0.6 is 0 Å². The molecule has 9 nitrogen and oxygen atoms in total. The number of carboxylic acid groups (broad SMARTS) is 1. The molecule has 9 heteroatoms. The number of unbranched alkanes of at least 4 members (excludes halogenated alkanes) is 29. The van der Waals surface area contributed by atoms with E-state index in [1.54, 1.807) is 0 Å². The Labute approximate surface area is 400 Å². The van der Waals surface area contributed by atoms with Crippen molar-refractivity contribution in [1.29, 1.82) is 0 Å². The largest absolute Gasteiger partial charge is 0.545 e. The number of rotatable bonds is 50. The van der Waals surface area contributed by atoms with Crippen molar-refractivity contribution < 1.29 is 42.9 Å². The van der Waals surface area contributed by atoms with Gasteiger partial charge in [-0.1, -0.05) is 217 Å². The number of hydrogen-bond donors (Lipinski definition) is 0. The molecule has 0 N–H and O–H groups in total. The van der Waals surface area contributed by atoms with Gasteiger partial charge in [0.25, 0.3) is 0 Å². The van der Waals surface area contributed by atoms with Gasteiger partial charge in [-0.25, -0.2) is 0 Å². The van der Waals surface area contributed by atoms with Crippen LogP contribution in [0, 0.1) is 0 Å². The Morgan fingerprint density at radius 3 is 1.23 bits per heavy atom. The summed E-state index contributed by atoms with van der Waals surface area (Å²) in [5.74, 6) is -2.28. The number of quaternary nitrogens is 1. The van der Waals surface area contributed by atoms with E-state index in [0.29, 0.717) is 23.9 Å². The summed E-state index contributed by atoms with van der Waals surface area (Å²) in [6.07, 6.45) is 53.8. The number of carboxylic acids is 1. The van der Waals surface area contributed by atoms with Crippen LogP contribution in [0.15, 0.2) is 36.5 Å². The lowest BCUT2D eigenvalue weighted by Gasteiger charge is -2.26. The molecule has 0 radical (unpaired) electrons. The van der Waals surface area contributed by atoms with E-state index in [0.717, 1.165) is 44.9 Å². The van der Waals surface area contributed by atoms with E-state index in [9.17, 15) is 19.5 Å². The number of carbonyl (C=O) groups excluding carboxylic acids is 3. The van der Waals surface area contributed by atoms with E-state index in [1.807, 2.05) is 21.1 Å². The number of ether oxygens (including phenoxy) is 4. The first-order chi connectivity index (χ1) is 31.6. The molecule has 0 aliphatic carbocycles. The molecule has 0 saturated heterocycles. The maximum absolute atomic E-state index is 12.8. The summed E-state index contributed by atoms with van der Waals surface area (Å²) < 4.78 is 22.5. The fraction of sp³-hybridized carbons (Fsp3) is 0.839. The predicted octanol–water partition coefficient (Wildman–Crippen LogP) is 14.0. The molecule has 0 rings (SSSR count). The first-order valence-electron chi connectivity index (χ1n) is 27.1. The molecule has 0 aromatic heterocycles. The summed E-state index contributed by atoms with van der Waals surface area (Å²) in [6.45, 7) is 4.70. The number of esters is 2. The van der Waals surface area contributed by atoms with E-state index >= 15 is 0 Å². The summed E-state index contributed by atoms with van der Waals surface area (Å²) in [7, 11) is 5.91. The molecule has 0 saturated carbocycles. The van der Waals surface area contributed by atoms with Crippen LogP contribution < -0.4 is 5.11 Å². The standard InChI is InChI=1S/C56H103NO8/c1-6-8-10-12-14-15-16-17-18-19-20-21-22-23-24-25-26-27-28-29-30-31-32-33-34-35-36-37-38-39-41-43-45-47-54(59)65-52(50-63-53(58)46-44-42-40-13-11-9-7-2)51-64-56(55(60)61)62-49-48-57(3,4)5/h16-17,19-20,22-23,52,56H,6-15,18,21,24-51H2,1-5H3/b17-16-,20-19-,23-22-. The second-order valence-corrected chi connectivity index (χ2v) is 19.5. The van der Waals surface area contributed by atoms with Gasteiger partial charge in [0.1, 0.15) is 13.2 Å². The Balaban J connectivity index is 3.96. The topological polar surface area (TPSA) is 111 Å². The van der Waals surface area contributed by atoms with Crippen LogP contribution in [-0.2, 0) is 33.3 Å². The maximum Gasteiger partial charge on any atom is 0.306 e. The van der Waals surface area contributed by atoms with Gasteiger partial charge in [-0.15, -0.1) is 0 Å². The lowest BCUT2D eigenvalue weighted by molar-refractivity contribution is -0.870. The first-order valence-corrected chi connectivity index (χ1v) is 27.1. The maximum atomic E-state index is 12.8. The van der Waals surface area contributed by atoms with Crippen molar-refractivity contribution in [3.63, 3.8) is 0 Å². The molecule has 2 atom stereocenters. The van der Waals surface area contributed by atoms with Crippen LogP contribution in [-0.4, -0.2) is 82.3 Å². The summed E-state index contributed by atoms with van der Waals surface area (Å²) in [4.78, 5) is 36.9. The van der Waals surface area contributed by atoms with Crippen LogP contribution in [0.25, 0.3) is 0 Å². The molecule has 0 aromatic carbocycles. The van der Waals surface area contributed by atoms with Crippen LogP contribution in [0.4, 0.5) is 0 Å². The third-order valence-electron chi connectivity index (χ3n) is 11.9. The third kappa shape index (κ3) is 49.2. The number of allylic oxidation sites excluding steroid dienone is 6. The molecule has 0 aromatic rings. The zero-order valence-electron chi connectivity index (χ0n) is 43.1. The van der Waals surface area contributed by atoms with Crippen molar-refractivity contribution in [1.82, 2.24) is 0 Å². The number of aliphatic carboxylic acids is 1. The number of nitrogens with zero attached hydrogens (tertiary/aromatic N) is 1. The molecule has 380 valence electrons. The average Bonchev–Trinajstić information content (AvgIpc) is 3.27. The second-order valence-electron chi connectivity index (χ2n) is 19.5. The zero-order valence-corrected chi connectivity index (χ0v) is 43.1. The minimum atomic E-state index is -1.62. The highest BCUT2D eigenvalue weighted by molar-refractivity contribution is 5.70. The van der Waals surface area contributed by atoms with Gasteiger partial charge in [-0.3, -0.25) is 9.59 Å². The average molecular weight is 918 g/mol. The van der Waals surface area contributed by atoms with Gasteiger partial charge in [0.05, 0.1) is 40.3 Å². The number of carbonyl (C=O) groups is 3. The van der Waals surface area contributed by atoms with Crippen molar-refractivity contribution in [3.8, 4) is 0 Å². The SMILES string of the molecule is CCCCCCC/C=C\C/C=C\C/C=C\CCCCCCCCCCCCCCCCCCCCC(=O)OC(COC(=O)CCCCCCCCC)COC(OCC[N+](C)(C)C)C(=O)[O-]. The molecule has 0 bridgehead atoms. The van der Waals surface area contributed by atoms with E-state index in [4.69, 9.17) is 18.9 Å². The molecular formula is C56H103NO8. The van der Waals surface area contributed by atoms with E-state index in [-0.39, 0.29) is 32.2 Å². The van der Waals surface area contributed by atoms with Gasteiger partial charge in [0.2, 0.25) is 0 Å². The van der Waals surface area contributed by atoms with Gasteiger partial charge in [-0.2, -0.15) is 0 Å². The number of hydrogen-bond acceptors (Lipinski definition) is 8. The van der Waals surface area contributed by atoms with Gasteiger partial charge < -0.3 is 33.3 Å². The minimum absolute atomic E-state index is 0.150. The Bertz CT molecular complexity index is 1160. The highest BCUT2D eigenvalue weighted by Gasteiger charge is 2.22. The van der Waals surface area contributed by atoms with Gasteiger partial charge in [0.15, 0.2) is 12.4 Å². The summed E-state index contributed by atoms with van der Waals surface area (Å²) in [6, 6.07) is 0. The fourth-order valence-corrected chi connectivity index (χ4v) is 7.66. The zero-order chi connectivity index (χ0) is 47.7. The van der Waals surface area contributed by atoms with Crippen LogP contribution in [0.3, 0.4) is 0 Å². The quantitative estimate of drug-likeness (QED) is 0.0195. The van der Waals surface area contributed by atoms with E-state index in [1.165, 1.54) is 167 Å². The Morgan fingerprint density at radius 2 is 0.831 bits per heavy atom. The van der Waals surface area contributed by atoms with Crippen molar-refractivity contribution in [2.75, 3.05) is 47.5 Å². The van der Waals surface area contributed by atoms with E-state index in [2.05, 4.69) is 50.3 Å². The van der Waals surface area contributed by atoms with E-state index < -0.39 is 24.3 Å². The number of likely N-dealkylation sites (N-methyl/N-ethyl adjacent to an activating group) is 1. The first kappa shape index (κ1) is 62.5. The molecular weight excluding hydrogens is 815 g/mol. The molecule has 0 amide bonds. The van der Waals surface area contributed by atoms with Crippen LogP contribution in [0.2, 0.25) is 0 Å². The summed E-state index contributed by atoms with van der Waals surface area (Å²) in [5, 5.41) is 11.7. The summed E-state index contributed by atoms with van der Waals surface area (Å²) >= 11 is 0. The van der Waals surface area contributed by atoms with Gasteiger partial charge in [0, 0.05) is 12.8 Å². The predicted molar refractivity (Wildman–Crippen MR) is 269 cm³/mol. The summed E-state index contributed by atoms with van der Waals surface area (Å²) in [5.41, 5.74) is 0. The molecule has 0 fully saturated rings. The van der Waals surface area contributed by atoms with Gasteiger partial charge >= 0.3 is 11.9 Å². The lowest BCUT2D eigenvalue weighted by atomic mass is 10.0. The Morgan fingerprint density at radius 1 is 0.462 bits per heavy atom. The molecule has 0 aliphatic rings. The molecule has 2 unspecified atom stereocenters. The minimum Gasteiger partial charge on any atom is -0.545 e. The van der Waals surface area contributed by atoms with Crippen LogP contribution in [0.5, 0.6) is 0 Å². The third-order valence-corrected chi connectivity index (χ3v) is 11.9. The Kier molecular flexibility index (Phi) is 46.1. The second kappa shape index (κ2) is 48.0. The fourth-order valence-electron chi connectivity index (χ4n) is 7.66. The van der Waals surface area contributed by atoms with Gasteiger partial charge in [-0.05, 0) is 51.4 Å². The lowest BCUT2D eigenvalue weighted by Crippen LogP contribution is -2.44. The monoisotopic (exact) mass is 918 g/mol. The van der Waals surface area contributed by atoms with Crippen LogP contribution in [0.1, 0.15) is 245 Å². The van der Waals surface area contributed by atoms with Crippen molar-refractivity contribution in [3.05, 3.63) is 36.5 Å². The van der Waals surface area contributed by atoms with Crippen molar-refractivity contribution in [2.24, 2.45) is 0 Å².